The highest BCUT2D eigenvalue weighted by Crippen LogP contribution is 2.30. The fraction of sp³-hybridized carbons (Fsp3) is 0.533. The minimum Gasteiger partial charge on any atom is -0.376 e. The summed E-state index contributed by atoms with van der Waals surface area (Å²) in [5, 5.41) is 5.77. The maximum Gasteiger partial charge on any atom is 0.319 e. The molecule has 2 rings (SSSR count). The number of anilines is 1. The Morgan fingerprint density at radius 3 is 2.80 bits per heavy atom. The van der Waals surface area contributed by atoms with Crippen molar-refractivity contribution in [3.8, 4) is 0 Å². The number of ether oxygens (including phenoxy) is 1. The van der Waals surface area contributed by atoms with E-state index in [1.54, 1.807) is 7.11 Å². The number of carbonyl (C=O) groups excluding carboxylic acids is 1. The van der Waals surface area contributed by atoms with E-state index in [-0.39, 0.29) is 11.6 Å². The third kappa shape index (κ3) is 3.67. The number of rotatable bonds is 4. The standard InChI is InChI=1S/C15H22N2O2S/c1-11-4-5-13(8-12(11)2)17-14(18)16-9-15(19-3)6-7-20-10-15/h4-5,8H,6-7,9-10H2,1-3H3,(H2,16,17,18). The van der Waals surface area contributed by atoms with Crippen molar-refractivity contribution >= 4 is 23.5 Å². The first-order chi connectivity index (χ1) is 9.54. The van der Waals surface area contributed by atoms with E-state index in [2.05, 4.69) is 17.6 Å². The first kappa shape index (κ1) is 15.2. The third-order valence-electron chi connectivity index (χ3n) is 3.84. The zero-order valence-electron chi connectivity index (χ0n) is 12.3. The molecule has 20 heavy (non-hydrogen) atoms. The van der Waals surface area contributed by atoms with Gasteiger partial charge in [0.15, 0.2) is 0 Å². The molecule has 0 aliphatic carbocycles. The molecule has 1 heterocycles. The van der Waals surface area contributed by atoms with E-state index in [0.29, 0.717) is 6.54 Å². The van der Waals surface area contributed by atoms with Crippen molar-refractivity contribution < 1.29 is 9.53 Å². The van der Waals surface area contributed by atoms with Gasteiger partial charge in [-0.3, -0.25) is 0 Å². The van der Waals surface area contributed by atoms with Crippen LogP contribution in [0.1, 0.15) is 17.5 Å². The molecule has 4 nitrogen and oxygen atoms in total. The van der Waals surface area contributed by atoms with Crippen LogP contribution in [-0.2, 0) is 4.74 Å². The van der Waals surface area contributed by atoms with Crippen molar-refractivity contribution in [2.45, 2.75) is 25.9 Å². The molecule has 1 aliphatic heterocycles. The number of aryl methyl sites for hydroxylation is 2. The SMILES string of the molecule is COC1(CNC(=O)Nc2ccc(C)c(C)c2)CCSC1. The van der Waals surface area contributed by atoms with Crippen molar-refractivity contribution in [2.24, 2.45) is 0 Å². The number of urea groups is 1. The van der Waals surface area contributed by atoms with Crippen molar-refractivity contribution in [2.75, 3.05) is 30.5 Å². The number of hydrogen-bond acceptors (Lipinski definition) is 3. The van der Waals surface area contributed by atoms with Gasteiger partial charge in [0.25, 0.3) is 0 Å². The lowest BCUT2D eigenvalue weighted by Gasteiger charge is -2.26. The first-order valence-electron chi connectivity index (χ1n) is 6.80. The van der Waals surface area contributed by atoms with E-state index in [1.807, 2.05) is 36.9 Å². The fourth-order valence-electron chi connectivity index (χ4n) is 2.20. The minimum absolute atomic E-state index is 0.179. The van der Waals surface area contributed by atoms with Crippen molar-refractivity contribution in [3.63, 3.8) is 0 Å². The second-order valence-corrected chi connectivity index (χ2v) is 6.40. The third-order valence-corrected chi connectivity index (χ3v) is 5.06. The van der Waals surface area contributed by atoms with Gasteiger partial charge in [0.1, 0.15) is 0 Å². The molecule has 1 saturated heterocycles. The largest absolute Gasteiger partial charge is 0.376 e. The molecule has 110 valence electrons. The number of carbonyl (C=O) groups is 1. The predicted octanol–water partition coefficient (Wildman–Crippen LogP) is 2.95. The van der Waals surface area contributed by atoms with Crippen LogP contribution in [0.4, 0.5) is 10.5 Å². The zero-order chi connectivity index (χ0) is 14.6. The second-order valence-electron chi connectivity index (χ2n) is 5.30. The normalized spacial score (nSPS) is 21.8. The van der Waals surface area contributed by atoms with Gasteiger partial charge in [-0.1, -0.05) is 6.07 Å². The molecular formula is C15H22N2O2S. The van der Waals surface area contributed by atoms with Crippen LogP contribution in [0.25, 0.3) is 0 Å². The van der Waals surface area contributed by atoms with E-state index >= 15 is 0 Å². The summed E-state index contributed by atoms with van der Waals surface area (Å²) in [5.41, 5.74) is 3.00. The average molecular weight is 294 g/mol. The topological polar surface area (TPSA) is 50.4 Å². The molecular weight excluding hydrogens is 272 g/mol. The number of benzene rings is 1. The van der Waals surface area contributed by atoms with Crippen molar-refractivity contribution in [1.29, 1.82) is 0 Å². The van der Waals surface area contributed by atoms with E-state index in [0.717, 1.165) is 23.6 Å². The van der Waals surface area contributed by atoms with Gasteiger partial charge in [0.2, 0.25) is 0 Å². The van der Waals surface area contributed by atoms with Gasteiger partial charge in [-0.2, -0.15) is 11.8 Å². The molecule has 5 heteroatoms. The molecule has 2 N–H and O–H groups in total. The summed E-state index contributed by atoms with van der Waals surface area (Å²) in [5.74, 6) is 2.03. The monoisotopic (exact) mass is 294 g/mol. The van der Waals surface area contributed by atoms with E-state index in [4.69, 9.17) is 4.74 Å². The van der Waals surface area contributed by atoms with Gasteiger partial charge in [0, 0.05) is 25.1 Å². The van der Waals surface area contributed by atoms with Crippen LogP contribution in [-0.4, -0.2) is 36.8 Å². The summed E-state index contributed by atoms with van der Waals surface area (Å²) in [6, 6.07) is 5.72. The smallest absolute Gasteiger partial charge is 0.319 e. The van der Waals surface area contributed by atoms with Gasteiger partial charge in [0.05, 0.1) is 5.60 Å². The number of methoxy groups -OCH3 is 1. The number of hydrogen-bond donors (Lipinski definition) is 2. The van der Waals surface area contributed by atoms with Gasteiger partial charge >= 0.3 is 6.03 Å². The lowest BCUT2D eigenvalue weighted by atomic mass is 10.0. The Morgan fingerprint density at radius 2 is 2.20 bits per heavy atom. The highest BCUT2D eigenvalue weighted by Gasteiger charge is 2.34. The Bertz CT molecular complexity index is 485. The van der Waals surface area contributed by atoms with Crippen molar-refractivity contribution in [1.82, 2.24) is 5.32 Å². The molecule has 0 saturated carbocycles. The van der Waals surface area contributed by atoms with Crippen LogP contribution in [0.15, 0.2) is 18.2 Å². The maximum absolute atomic E-state index is 11.9. The molecule has 1 aromatic rings. The van der Waals surface area contributed by atoms with Crippen LogP contribution in [0, 0.1) is 13.8 Å². The summed E-state index contributed by atoms with van der Waals surface area (Å²) >= 11 is 1.87. The predicted molar refractivity (Wildman–Crippen MR) is 84.6 cm³/mol. The minimum atomic E-state index is -0.203. The molecule has 1 aromatic carbocycles. The Hall–Kier alpha value is -1.20. The number of nitrogens with one attached hydrogen (secondary N) is 2. The average Bonchev–Trinajstić information content (AvgIpc) is 2.90. The molecule has 1 aliphatic rings. The Kier molecular flexibility index (Phi) is 4.94. The van der Waals surface area contributed by atoms with E-state index in [1.165, 1.54) is 11.1 Å². The molecule has 1 unspecified atom stereocenters. The lowest BCUT2D eigenvalue weighted by Crippen LogP contribution is -2.45. The summed E-state index contributed by atoms with van der Waals surface area (Å²) < 4.78 is 5.57. The maximum atomic E-state index is 11.9. The number of amides is 2. The Morgan fingerprint density at radius 1 is 1.40 bits per heavy atom. The van der Waals surface area contributed by atoms with E-state index < -0.39 is 0 Å². The molecule has 1 atom stereocenters. The van der Waals surface area contributed by atoms with Crippen LogP contribution in [0.3, 0.4) is 0 Å². The van der Waals surface area contributed by atoms with E-state index in [9.17, 15) is 4.79 Å². The highest BCUT2D eigenvalue weighted by atomic mass is 32.2. The fourth-order valence-corrected chi connectivity index (χ4v) is 3.59. The van der Waals surface area contributed by atoms with Gasteiger partial charge in [-0.25, -0.2) is 4.79 Å². The second kappa shape index (κ2) is 6.50. The molecule has 0 spiro atoms. The van der Waals surface area contributed by atoms with Crippen LogP contribution < -0.4 is 10.6 Å². The van der Waals surface area contributed by atoms with Crippen molar-refractivity contribution in [3.05, 3.63) is 29.3 Å². The molecule has 0 aromatic heterocycles. The zero-order valence-corrected chi connectivity index (χ0v) is 13.1. The van der Waals surface area contributed by atoms with Crippen LogP contribution >= 0.6 is 11.8 Å². The molecule has 0 bridgehead atoms. The van der Waals surface area contributed by atoms with Gasteiger partial charge < -0.3 is 15.4 Å². The molecule has 0 radical (unpaired) electrons. The molecule has 2 amide bonds. The van der Waals surface area contributed by atoms with Gasteiger partial charge in [-0.05, 0) is 49.3 Å². The summed E-state index contributed by atoms with van der Waals surface area (Å²) in [6.45, 7) is 4.64. The first-order valence-corrected chi connectivity index (χ1v) is 7.95. The van der Waals surface area contributed by atoms with Gasteiger partial charge in [-0.15, -0.1) is 0 Å². The molecule has 1 fully saturated rings. The summed E-state index contributed by atoms with van der Waals surface area (Å²) in [7, 11) is 1.72. The van der Waals surface area contributed by atoms with Crippen LogP contribution in [0.2, 0.25) is 0 Å². The van der Waals surface area contributed by atoms with Crippen LogP contribution in [0.5, 0.6) is 0 Å². The summed E-state index contributed by atoms with van der Waals surface area (Å²) in [6.07, 6.45) is 0.984. The summed E-state index contributed by atoms with van der Waals surface area (Å²) in [4.78, 5) is 11.9. The Balaban J connectivity index is 1.87. The lowest BCUT2D eigenvalue weighted by molar-refractivity contribution is 0.0161. The quantitative estimate of drug-likeness (QED) is 0.897. The Labute approximate surface area is 124 Å². The number of thioether (sulfide) groups is 1. The highest BCUT2D eigenvalue weighted by molar-refractivity contribution is 7.99.